The van der Waals surface area contributed by atoms with Gasteiger partial charge in [0.2, 0.25) is 10.8 Å². The van der Waals surface area contributed by atoms with Gasteiger partial charge in [0, 0.05) is 6.04 Å². The van der Waals surface area contributed by atoms with E-state index in [0.29, 0.717) is 25.7 Å². The molecule has 2 aliphatic rings. The zero-order chi connectivity index (χ0) is 19.5. The van der Waals surface area contributed by atoms with E-state index in [4.69, 9.17) is 9.47 Å². The molecule has 5 nitrogen and oxygen atoms in total. The topological polar surface area (TPSA) is 64.6 Å². The van der Waals surface area contributed by atoms with E-state index in [0.717, 1.165) is 5.57 Å². The third-order valence-corrected chi connectivity index (χ3v) is 4.82. The largest absolute Gasteiger partial charge is 0.444 e. The van der Waals surface area contributed by atoms with Crippen LogP contribution in [0.25, 0.3) is 0 Å². The van der Waals surface area contributed by atoms with Gasteiger partial charge in [0.25, 0.3) is 0 Å². The predicted octanol–water partition coefficient (Wildman–Crippen LogP) is 3.89. The molecule has 2 atom stereocenters. The van der Waals surface area contributed by atoms with Gasteiger partial charge in [0.05, 0.1) is 6.10 Å². The summed E-state index contributed by atoms with van der Waals surface area (Å²) in [7, 11) is 0. The number of thiol groups is 1. The summed E-state index contributed by atoms with van der Waals surface area (Å²) in [6.07, 6.45) is 5.60. The highest BCUT2D eigenvalue weighted by atomic mass is 32.1. The van der Waals surface area contributed by atoms with E-state index in [1.165, 1.54) is 6.08 Å². The van der Waals surface area contributed by atoms with Crippen molar-refractivity contribution in [2.24, 2.45) is 0 Å². The van der Waals surface area contributed by atoms with Gasteiger partial charge in [-0.25, -0.2) is 9.18 Å². The zero-order valence-electron chi connectivity index (χ0n) is 15.8. The molecular weight excluding hydrogens is 357 g/mol. The van der Waals surface area contributed by atoms with Gasteiger partial charge in [-0.1, -0.05) is 11.6 Å². The van der Waals surface area contributed by atoms with Crippen LogP contribution in [0, 0.1) is 0 Å². The number of amides is 1. The van der Waals surface area contributed by atoms with Gasteiger partial charge in [-0.15, -0.1) is 12.6 Å². The van der Waals surface area contributed by atoms with Crippen molar-refractivity contribution < 1.29 is 23.5 Å². The zero-order valence-corrected chi connectivity index (χ0v) is 16.6. The van der Waals surface area contributed by atoms with Crippen molar-refractivity contribution in [2.75, 3.05) is 0 Å². The Hall–Kier alpha value is -1.34. The van der Waals surface area contributed by atoms with E-state index in [9.17, 15) is 14.0 Å². The Labute approximate surface area is 159 Å². The maximum Gasteiger partial charge on any atom is 0.407 e. The lowest BCUT2D eigenvalue weighted by molar-refractivity contribution is -0.130. The van der Waals surface area contributed by atoms with Gasteiger partial charge in [0.15, 0.2) is 0 Å². The minimum absolute atomic E-state index is 0.00914. The van der Waals surface area contributed by atoms with E-state index in [1.807, 2.05) is 27.7 Å². The highest BCUT2D eigenvalue weighted by molar-refractivity contribution is 7.96. The first-order valence-corrected chi connectivity index (χ1v) is 9.39. The molecule has 0 aromatic heterocycles. The first-order valence-electron chi connectivity index (χ1n) is 8.94. The van der Waals surface area contributed by atoms with Crippen molar-refractivity contribution in [1.29, 1.82) is 0 Å². The van der Waals surface area contributed by atoms with Gasteiger partial charge >= 0.3 is 6.09 Å². The standard InChI is InChI=1S/C19H28FNO4S/c1-12-9-10-19(20,16(22)26)15(11-12)24-14-7-5-13(6-8-14)21-17(23)25-18(2,3)4/h9-11,13-15H,5-8H2,1-4H3,(H,21,23)(H,22,26). The minimum Gasteiger partial charge on any atom is -0.444 e. The van der Waals surface area contributed by atoms with E-state index in [1.54, 1.807) is 12.2 Å². The maximum absolute atomic E-state index is 14.9. The molecule has 1 amide bonds. The maximum atomic E-state index is 14.9. The molecule has 0 spiro atoms. The van der Waals surface area contributed by atoms with Gasteiger partial charge < -0.3 is 14.8 Å². The molecule has 1 fully saturated rings. The molecule has 0 aromatic carbocycles. The number of ether oxygens (including phenoxy) is 2. The molecule has 0 aliphatic heterocycles. The second-order valence-corrected chi connectivity index (χ2v) is 8.40. The summed E-state index contributed by atoms with van der Waals surface area (Å²) in [6.45, 7) is 7.28. The van der Waals surface area contributed by atoms with Crippen LogP contribution in [-0.2, 0) is 14.3 Å². The lowest BCUT2D eigenvalue weighted by atomic mass is 9.90. The Kier molecular flexibility index (Phi) is 6.55. The summed E-state index contributed by atoms with van der Waals surface area (Å²) >= 11 is 3.68. The fraction of sp³-hybridized carbons (Fsp3) is 0.684. The summed E-state index contributed by atoms with van der Waals surface area (Å²) in [5.74, 6) is 0. The van der Waals surface area contributed by atoms with Crippen LogP contribution in [0.15, 0.2) is 23.8 Å². The van der Waals surface area contributed by atoms with Crippen LogP contribution in [0.5, 0.6) is 0 Å². The molecule has 2 rings (SSSR count). The number of carbonyl (C=O) groups excluding carboxylic acids is 2. The van der Waals surface area contributed by atoms with Crippen LogP contribution in [0.2, 0.25) is 0 Å². The van der Waals surface area contributed by atoms with Crippen molar-refractivity contribution >= 4 is 23.8 Å². The predicted molar refractivity (Wildman–Crippen MR) is 101 cm³/mol. The van der Waals surface area contributed by atoms with Crippen molar-refractivity contribution in [2.45, 2.75) is 82.9 Å². The molecule has 26 heavy (non-hydrogen) atoms. The van der Waals surface area contributed by atoms with Gasteiger partial charge in [-0.3, -0.25) is 4.79 Å². The van der Waals surface area contributed by atoms with E-state index < -0.39 is 28.6 Å². The summed E-state index contributed by atoms with van der Waals surface area (Å²) in [4.78, 5) is 23.5. The minimum atomic E-state index is -2.24. The van der Waals surface area contributed by atoms with Crippen molar-refractivity contribution in [3.63, 3.8) is 0 Å². The van der Waals surface area contributed by atoms with E-state index >= 15 is 0 Å². The average Bonchev–Trinajstić information content (AvgIpc) is 2.51. The number of nitrogens with one attached hydrogen (secondary N) is 1. The first-order chi connectivity index (χ1) is 12.0. The molecule has 0 radical (unpaired) electrons. The Balaban J connectivity index is 1.87. The van der Waals surface area contributed by atoms with Crippen LogP contribution in [0.1, 0.15) is 53.4 Å². The molecular formula is C19H28FNO4S. The number of hydrogen-bond donors (Lipinski definition) is 2. The molecule has 7 heteroatoms. The number of allylic oxidation sites excluding steroid dienone is 2. The normalized spacial score (nSPS) is 31.9. The third kappa shape index (κ3) is 5.58. The summed E-state index contributed by atoms with van der Waals surface area (Å²) in [6, 6.07) is 0.00914. The first kappa shape index (κ1) is 21.0. The van der Waals surface area contributed by atoms with Crippen molar-refractivity contribution in [3.05, 3.63) is 23.8 Å². The van der Waals surface area contributed by atoms with E-state index in [-0.39, 0.29) is 12.1 Å². The number of alkyl carbamates (subject to hydrolysis) is 1. The average molecular weight is 386 g/mol. The molecule has 0 aromatic rings. The molecule has 1 saturated carbocycles. The molecule has 2 unspecified atom stereocenters. The molecule has 1 N–H and O–H groups in total. The molecule has 2 aliphatic carbocycles. The SMILES string of the molecule is CC1=CC(OC2CCC(NC(=O)OC(C)(C)C)CC2)C(F)(C(=O)S)C=C1. The van der Waals surface area contributed by atoms with Gasteiger partial charge in [0.1, 0.15) is 11.7 Å². The molecule has 0 heterocycles. The Morgan fingerprint density at radius 1 is 1.27 bits per heavy atom. The highest BCUT2D eigenvalue weighted by Gasteiger charge is 2.45. The van der Waals surface area contributed by atoms with E-state index in [2.05, 4.69) is 17.9 Å². The Morgan fingerprint density at radius 2 is 1.88 bits per heavy atom. The van der Waals surface area contributed by atoms with Crippen molar-refractivity contribution in [1.82, 2.24) is 5.32 Å². The van der Waals surface area contributed by atoms with Gasteiger partial charge in [-0.05, 0) is 65.5 Å². The van der Waals surface area contributed by atoms with Crippen LogP contribution in [-0.4, -0.2) is 40.7 Å². The number of carbonyl (C=O) groups is 2. The van der Waals surface area contributed by atoms with Crippen LogP contribution in [0.4, 0.5) is 9.18 Å². The molecule has 146 valence electrons. The fourth-order valence-electron chi connectivity index (χ4n) is 3.12. The lowest BCUT2D eigenvalue weighted by Gasteiger charge is -2.35. The van der Waals surface area contributed by atoms with Crippen LogP contribution >= 0.6 is 12.6 Å². The number of alkyl halides is 1. The van der Waals surface area contributed by atoms with Crippen molar-refractivity contribution in [3.8, 4) is 0 Å². The highest BCUT2D eigenvalue weighted by Crippen LogP contribution is 2.33. The van der Waals surface area contributed by atoms with Gasteiger partial charge in [-0.2, -0.15) is 0 Å². The number of rotatable bonds is 4. The number of hydrogen-bond acceptors (Lipinski definition) is 4. The Bertz CT molecular complexity index is 605. The molecule has 0 bridgehead atoms. The monoisotopic (exact) mass is 385 g/mol. The second-order valence-electron chi connectivity index (χ2n) is 7.99. The fourth-order valence-corrected chi connectivity index (χ4v) is 3.32. The lowest BCUT2D eigenvalue weighted by Crippen LogP contribution is -2.47. The summed E-state index contributed by atoms with van der Waals surface area (Å²) in [5.41, 5.74) is -1.93. The molecule has 0 saturated heterocycles. The third-order valence-electron chi connectivity index (χ3n) is 4.48. The van der Waals surface area contributed by atoms with Crippen LogP contribution < -0.4 is 5.32 Å². The quantitative estimate of drug-likeness (QED) is 0.721. The second kappa shape index (κ2) is 8.13. The van der Waals surface area contributed by atoms with Crippen LogP contribution in [0.3, 0.4) is 0 Å². The Morgan fingerprint density at radius 3 is 2.42 bits per heavy atom. The summed E-state index contributed by atoms with van der Waals surface area (Å²) in [5, 5.41) is 2.00. The summed E-state index contributed by atoms with van der Waals surface area (Å²) < 4.78 is 26.1. The number of halogens is 1. The smallest absolute Gasteiger partial charge is 0.407 e.